The summed E-state index contributed by atoms with van der Waals surface area (Å²) < 4.78 is 2.30. The Morgan fingerprint density at radius 1 is 1.25 bits per heavy atom. The minimum atomic E-state index is -0.179. The fourth-order valence-corrected chi connectivity index (χ4v) is 4.89. The maximum atomic E-state index is 12.3. The van der Waals surface area contributed by atoms with Gasteiger partial charge in [0.2, 0.25) is 0 Å². The van der Waals surface area contributed by atoms with E-state index in [9.17, 15) is 4.79 Å². The molecule has 1 saturated carbocycles. The van der Waals surface area contributed by atoms with Crippen molar-refractivity contribution in [2.75, 3.05) is 0 Å². The fraction of sp³-hybridized carbons (Fsp3) is 0.588. The molecule has 0 radical (unpaired) electrons. The third-order valence-electron chi connectivity index (χ3n) is 5.06. The molecule has 7 heteroatoms. The Kier molecular flexibility index (Phi) is 4.37. The molecule has 0 unspecified atom stereocenters. The van der Waals surface area contributed by atoms with E-state index in [2.05, 4.69) is 10.1 Å². The van der Waals surface area contributed by atoms with Crippen LogP contribution in [-0.2, 0) is 13.1 Å². The van der Waals surface area contributed by atoms with Crippen molar-refractivity contribution in [3.8, 4) is 0 Å². The highest BCUT2D eigenvalue weighted by Gasteiger charge is 2.18. The van der Waals surface area contributed by atoms with E-state index in [4.69, 9.17) is 10.7 Å². The van der Waals surface area contributed by atoms with Gasteiger partial charge in [-0.25, -0.2) is 9.67 Å². The smallest absolute Gasteiger partial charge is 0.292 e. The first-order valence-corrected chi connectivity index (χ1v) is 9.65. The van der Waals surface area contributed by atoms with Crippen molar-refractivity contribution in [1.29, 1.82) is 0 Å². The molecule has 3 heterocycles. The third kappa shape index (κ3) is 2.86. The lowest BCUT2D eigenvalue weighted by Crippen LogP contribution is -2.26. The first kappa shape index (κ1) is 15.8. The van der Waals surface area contributed by atoms with Crippen LogP contribution in [0.3, 0.4) is 0 Å². The summed E-state index contributed by atoms with van der Waals surface area (Å²) >= 11 is 1.70. The number of hydrogen-bond acceptors (Lipinski definition) is 5. The van der Waals surface area contributed by atoms with Crippen molar-refractivity contribution >= 4 is 32.6 Å². The number of hydrogen-bond donors (Lipinski definition) is 2. The number of nitrogens with one attached hydrogen (secondary N) is 1. The number of aromatic amines is 1. The van der Waals surface area contributed by atoms with Crippen molar-refractivity contribution in [1.82, 2.24) is 19.7 Å². The van der Waals surface area contributed by atoms with E-state index in [-0.39, 0.29) is 12.2 Å². The van der Waals surface area contributed by atoms with Gasteiger partial charge in [0.15, 0.2) is 0 Å². The second-order valence-corrected chi connectivity index (χ2v) is 7.83. The van der Waals surface area contributed by atoms with E-state index in [1.54, 1.807) is 17.5 Å². The number of H-pyrrole nitrogens is 1. The average Bonchev–Trinajstić information content (AvgIpc) is 3.08. The van der Waals surface area contributed by atoms with E-state index in [1.165, 1.54) is 54.6 Å². The van der Waals surface area contributed by atoms with Gasteiger partial charge in [0.25, 0.3) is 5.56 Å². The van der Waals surface area contributed by atoms with Crippen LogP contribution >= 0.6 is 11.3 Å². The predicted octanol–water partition coefficient (Wildman–Crippen LogP) is 3.15. The second kappa shape index (κ2) is 6.64. The van der Waals surface area contributed by atoms with Crippen LogP contribution in [0.25, 0.3) is 21.3 Å². The maximum absolute atomic E-state index is 12.3. The molecule has 0 spiro atoms. The van der Waals surface area contributed by atoms with Crippen LogP contribution < -0.4 is 11.3 Å². The zero-order valence-corrected chi connectivity index (χ0v) is 14.6. The van der Waals surface area contributed by atoms with E-state index in [1.807, 2.05) is 0 Å². The lowest BCUT2D eigenvalue weighted by molar-refractivity contribution is 0.376. The molecule has 6 nitrogen and oxygen atoms in total. The van der Waals surface area contributed by atoms with Gasteiger partial charge < -0.3 is 10.7 Å². The minimum absolute atomic E-state index is 0.0851. The first-order chi connectivity index (χ1) is 11.8. The molecule has 1 fully saturated rings. The van der Waals surface area contributed by atoms with Gasteiger partial charge >= 0.3 is 0 Å². The number of fused-ring (bicyclic) bond motifs is 3. The quantitative estimate of drug-likeness (QED) is 0.763. The molecule has 128 valence electrons. The lowest BCUT2D eigenvalue weighted by atomic mass is 9.89. The van der Waals surface area contributed by atoms with Crippen LogP contribution in [0.4, 0.5) is 0 Å². The van der Waals surface area contributed by atoms with E-state index in [0.29, 0.717) is 5.52 Å². The van der Waals surface area contributed by atoms with Gasteiger partial charge in [-0.3, -0.25) is 4.79 Å². The van der Waals surface area contributed by atoms with Gasteiger partial charge in [0, 0.05) is 11.8 Å². The van der Waals surface area contributed by atoms with Crippen LogP contribution in [0.2, 0.25) is 0 Å². The monoisotopic (exact) mass is 345 g/mol. The SMILES string of the molecule is NCn1ncc2c([nH]c3nc(CC4CCCCCCC4)sc32)c1=O. The Labute approximate surface area is 144 Å². The molecule has 0 amide bonds. The topological polar surface area (TPSA) is 89.6 Å². The molecule has 24 heavy (non-hydrogen) atoms. The summed E-state index contributed by atoms with van der Waals surface area (Å²) in [6.07, 6.45) is 12.2. The zero-order chi connectivity index (χ0) is 16.5. The highest BCUT2D eigenvalue weighted by Crippen LogP contribution is 2.32. The maximum Gasteiger partial charge on any atom is 0.292 e. The fourth-order valence-electron chi connectivity index (χ4n) is 3.74. The molecule has 3 aromatic rings. The van der Waals surface area contributed by atoms with Crippen molar-refractivity contribution < 1.29 is 0 Å². The lowest BCUT2D eigenvalue weighted by Gasteiger charge is -2.18. The molecule has 1 aliphatic carbocycles. The molecule has 3 N–H and O–H groups in total. The molecule has 4 rings (SSSR count). The number of thiazole rings is 1. The van der Waals surface area contributed by atoms with Gasteiger partial charge in [-0.1, -0.05) is 44.9 Å². The van der Waals surface area contributed by atoms with Crippen LogP contribution in [0.5, 0.6) is 0 Å². The van der Waals surface area contributed by atoms with Crippen LogP contribution in [0.15, 0.2) is 11.0 Å². The third-order valence-corrected chi connectivity index (χ3v) is 6.18. The van der Waals surface area contributed by atoms with Crippen molar-refractivity contribution in [3.63, 3.8) is 0 Å². The number of nitrogens with two attached hydrogens (primary N) is 1. The largest absolute Gasteiger partial charge is 0.334 e. The van der Waals surface area contributed by atoms with E-state index < -0.39 is 0 Å². The second-order valence-electron chi connectivity index (χ2n) is 6.75. The Morgan fingerprint density at radius 2 is 2.00 bits per heavy atom. The molecule has 0 bridgehead atoms. The summed E-state index contributed by atoms with van der Waals surface area (Å²) in [6.45, 7) is 0.0851. The van der Waals surface area contributed by atoms with Crippen molar-refractivity contribution in [2.24, 2.45) is 11.7 Å². The summed E-state index contributed by atoms with van der Waals surface area (Å²) in [6, 6.07) is 0. The number of nitrogens with zero attached hydrogens (tertiary/aromatic N) is 3. The van der Waals surface area contributed by atoms with Crippen LogP contribution in [0, 0.1) is 5.92 Å². The zero-order valence-electron chi connectivity index (χ0n) is 13.8. The summed E-state index contributed by atoms with van der Waals surface area (Å²) in [5.74, 6) is 0.749. The van der Waals surface area contributed by atoms with Crippen LogP contribution in [-0.4, -0.2) is 19.7 Å². The molecular formula is C17H23N5OS. The van der Waals surface area contributed by atoms with Crippen molar-refractivity contribution in [2.45, 2.75) is 58.0 Å². The van der Waals surface area contributed by atoms with E-state index >= 15 is 0 Å². The molecule has 0 aliphatic heterocycles. The molecular weight excluding hydrogens is 322 g/mol. The molecule has 3 aromatic heterocycles. The summed E-state index contributed by atoms with van der Waals surface area (Å²) in [5, 5.41) is 6.17. The van der Waals surface area contributed by atoms with Gasteiger partial charge in [-0.05, 0) is 5.92 Å². The van der Waals surface area contributed by atoms with Crippen LogP contribution in [0.1, 0.15) is 50.0 Å². The number of rotatable bonds is 3. The predicted molar refractivity (Wildman–Crippen MR) is 97.2 cm³/mol. The van der Waals surface area contributed by atoms with Gasteiger partial charge in [-0.15, -0.1) is 11.3 Å². The highest BCUT2D eigenvalue weighted by atomic mass is 32.1. The van der Waals surface area contributed by atoms with Gasteiger partial charge in [-0.2, -0.15) is 5.10 Å². The number of aromatic nitrogens is 4. The molecule has 1 aliphatic rings. The van der Waals surface area contributed by atoms with Gasteiger partial charge in [0.1, 0.15) is 11.2 Å². The van der Waals surface area contributed by atoms with Gasteiger partial charge in [0.05, 0.1) is 22.6 Å². The molecule has 0 saturated heterocycles. The Hall–Kier alpha value is -1.73. The summed E-state index contributed by atoms with van der Waals surface area (Å²) in [7, 11) is 0. The Balaban J connectivity index is 1.64. The first-order valence-electron chi connectivity index (χ1n) is 8.83. The average molecular weight is 345 g/mol. The Bertz CT molecular complexity index is 901. The molecule has 0 atom stereocenters. The highest BCUT2D eigenvalue weighted by molar-refractivity contribution is 7.19. The molecule has 0 aromatic carbocycles. The minimum Gasteiger partial charge on any atom is -0.334 e. The summed E-state index contributed by atoms with van der Waals surface area (Å²) in [4.78, 5) is 20.2. The van der Waals surface area contributed by atoms with Crippen molar-refractivity contribution in [3.05, 3.63) is 21.6 Å². The van der Waals surface area contributed by atoms with E-state index in [0.717, 1.165) is 28.1 Å². The standard InChI is InChI=1S/C17H23N5OS/c18-10-22-17(23)14-12(9-19-22)15-16(21-14)20-13(24-15)8-11-6-4-2-1-3-5-7-11/h9,11,21H,1-8,10,18H2. The normalized spacial score (nSPS) is 17.4. The summed E-state index contributed by atoms with van der Waals surface area (Å²) in [5.41, 5.74) is 6.72. The Morgan fingerprint density at radius 3 is 2.75 bits per heavy atom.